The van der Waals surface area contributed by atoms with Gasteiger partial charge in [-0.3, -0.25) is 4.90 Å². The first kappa shape index (κ1) is 17.9. The molecule has 1 fully saturated rings. The first-order valence-electron chi connectivity index (χ1n) is 9.87. The number of rotatable bonds is 6. The van der Waals surface area contributed by atoms with Crippen LogP contribution in [0.2, 0.25) is 0 Å². The zero-order valence-electron chi connectivity index (χ0n) is 16.3. The maximum atomic E-state index is 4.55. The van der Waals surface area contributed by atoms with Crippen molar-refractivity contribution in [2.24, 2.45) is 7.05 Å². The second kappa shape index (κ2) is 8.05. The van der Waals surface area contributed by atoms with Gasteiger partial charge >= 0.3 is 0 Å². The summed E-state index contributed by atoms with van der Waals surface area (Å²) in [5.41, 5.74) is 2.92. The number of aryl methyl sites for hydroxylation is 1. The van der Waals surface area contributed by atoms with Crippen molar-refractivity contribution in [1.29, 1.82) is 0 Å². The van der Waals surface area contributed by atoms with Gasteiger partial charge in [-0.2, -0.15) is 0 Å². The topological polar surface area (TPSA) is 51.8 Å². The van der Waals surface area contributed by atoms with Gasteiger partial charge < -0.3 is 9.13 Å². The largest absolute Gasteiger partial charge is 0.330 e. The van der Waals surface area contributed by atoms with Gasteiger partial charge in [0.25, 0.3) is 0 Å². The maximum absolute atomic E-state index is 4.55. The number of aromatic nitrogens is 5. The summed E-state index contributed by atoms with van der Waals surface area (Å²) in [4.78, 5) is 6.68. The fourth-order valence-electron chi connectivity index (χ4n) is 4.12. The lowest BCUT2D eigenvalue weighted by molar-refractivity contribution is 0.194. The molecule has 1 atom stereocenters. The molecule has 4 rings (SSSR count). The summed E-state index contributed by atoms with van der Waals surface area (Å²) in [5, 5.41) is 9.00. The van der Waals surface area contributed by atoms with Crippen LogP contribution < -0.4 is 0 Å². The van der Waals surface area contributed by atoms with Crippen LogP contribution >= 0.6 is 0 Å². The van der Waals surface area contributed by atoms with E-state index < -0.39 is 0 Å². The Morgan fingerprint density at radius 1 is 1.11 bits per heavy atom. The fourth-order valence-corrected chi connectivity index (χ4v) is 4.12. The molecule has 0 unspecified atom stereocenters. The van der Waals surface area contributed by atoms with Crippen LogP contribution in [0.4, 0.5) is 0 Å². The quantitative estimate of drug-likeness (QED) is 0.675. The molecule has 0 amide bonds. The summed E-state index contributed by atoms with van der Waals surface area (Å²) in [7, 11) is 2.09. The second-order valence-electron chi connectivity index (χ2n) is 7.46. The molecular weight excluding hydrogens is 336 g/mol. The van der Waals surface area contributed by atoms with E-state index in [2.05, 4.69) is 62.9 Å². The molecule has 0 bridgehead atoms. The van der Waals surface area contributed by atoms with E-state index in [0.29, 0.717) is 12.5 Å². The third-order valence-electron chi connectivity index (χ3n) is 5.65. The third-order valence-corrected chi connectivity index (χ3v) is 5.65. The predicted molar refractivity (Wildman–Crippen MR) is 105 cm³/mol. The van der Waals surface area contributed by atoms with E-state index in [1.807, 2.05) is 17.1 Å². The molecule has 142 valence electrons. The van der Waals surface area contributed by atoms with E-state index in [1.54, 1.807) is 6.20 Å². The lowest BCUT2D eigenvalue weighted by Crippen LogP contribution is -2.35. The van der Waals surface area contributed by atoms with Crippen molar-refractivity contribution >= 4 is 0 Å². The van der Waals surface area contributed by atoms with Gasteiger partial charge in [-0.25, -0.2) is 4.98 Å². The third kappa shape index (κ3) is 3.95. The Kier molecular flexibility index (Phi) is 5.34. The van der Waals surface area contributed by atoms with Crippen molar-refractivity contribution < 1.29 is 0 Å². The average Bonchev–Trinajstić information content (AvgIpc) is 3.33. The van der Waals surface area contributed by atoms with Gasteiger partial charge in [0.2, 0.25) is 0 Å². The van der Waals surface area contributed by atoms with Gasteiger partial charge in [-0.1, -0.05) is 31.2 Å². The van der Waals surface area contributed by atoms with Crippen molar-refractivity contribution in [3.8, 4) is 0 Å². The Morgan fingerprint density at radius 2 is 1.96 bits per heavy atom. The summed E-state index contributed by atoms with van der Waals surface area (Å²) in [5.74, 6) is 2.54. The smallest absolute Gasteiger partial charge is 0.152 e. The van der Waals surface area contributed by atoms with E-state index in [4.69, 9.17) is 0 Å². The Labute approximate surface area is 160 Å². The maximum Gasteiger partial charge on any atom is 0.152 e. The first-order chi connectivity index (χ1) is 13.2. The molecule has 1 aliphatic heterocycles. The van der Waals surface area contributed by atoms with Gasteiger partial charge in [0.1, 0.15) is 5.82 Å². The summed E-state index contributed by atoms with van der Waals surface area (Å²) < 4.78 is 4.21. The Hall–Kier alpha value is -2.47. The summed E-state index contributed by atoms with van der Waals surface area (Å²) in [6.07, 6.45) is 9.06. The van der Waals surface area contributed by atoms with Gasteiger partial charge in [-0.15, -0.1) is 10.2 Å². The number of benzene rings is 1. The zero-order chi connectivity index (χ0) is 18.6. The molecule has 3 heterocycles. The van der Waals surface area contributed by atoms with Crippen LogP contribution in [-0.4, -0.2) is 42.3 Å². The lowest BCUT2D eigenvalue weighted by atomic mass is 9.96. The number of hydrogen-bond acceptors (Lipinski definition) is 4. The van der Waals surface area contributed by atoms with Crippen LogP contribution in [0, 0.1) is 0 Å². The highest BCUT2D eigenvalue weighted by Gasteiger charge is 2.26. The fraction of sp³-hybridized carbons (Fsp3) is 0.476. The molecule has 1 aromatic carbocycles. The lowest BCUT2D eigenvalue weighted by Gasteiger charge is -2.32. The predicted octanol–water partition coefficient (Wildman–Crippen LogP) is 3.00. The second-order valence-corrected chi connectivity index (χ2v) is 7.46. The van der Waals surface area contributed by atoms with Crippen LogP contribution in [0.3, 0.4) is 0 Å². The molecule has 0 spiro atoms. The highest BCUT2D eigenvalue weighted by Crippen LogP contribution is 2.27. The minimum Gasteiger partial charge on any atom is -0.330 e. The number of likely N-dealkylation sites (tertiary alicyclic amines) is 1. The molecule has 6 nitrogen and oxygen atoms in total. The molecule has 0 radical (unpaired) electrons. The highest BCUT2D eigenvalue weighted by molar-refractivity contribution is 5.27. The van der Waals surface area contributed by atoms with Crippen molar-refractivity contribution in [3.63, 3.8) is 0 Å². The molecule has 6 heteroatoms. The molecule has 0 saturated carbocycles. The molecular formula is C21H28N6. The SMILES string of the molecule is CCc1ccccc1CN1CCC[C@H](c2nnc(Cn3ccnc3)n2C)C1. The molecule has 1 saturated heterocycles. The highest BCUT2D eigenvalue weighted by atomic mass is 15.3. The van der Waals surface area contributed by atoms with Gasteiger partial charge in [-0.05, 0) is 36.9 Å². The van der Waals surface area contributed by atoms with Gasteiger partial charge in [0.15, 0.2) is 5.82 Å². The first-order valence-corrected chi connectivity index (χ1v) is 9.87. The Balaban J connectivity index is 1.46. The molecule has 3 aromatic rings. The monoisotopic (exact) mass is 364 g/mol. The molecule has 27 heavy (non-hydrogen) atoms. The minimum atomic E-state index is 0.446. The zero-order valence-corrected chi connectivity index (χ0v) is 16.3. The van der Waals surface area contributed by atoms with Crippen LogP contribution in [0.1, 0.15) is 48.5 Å². The average molecular weight is 364 g/mol. The van der Waals surface area contributed by atoms with Gasteiger partial charge in [0, 0.05) is 38.4 Å². The molecule has 2 aromatic heterocycles. The Morgan fingerprint density at radius 3 is 2.74 bits per heavy atom. The van der Waals surface area contributed by atoms with Crippen LogP contribution in [0.25, 0.3) is 0 Å². The van der Waals surface area contributed by atoms with Crippen LogP contribution in [-0.2, 0) is 26.6 Å². The van der Waals surface area contributed by atoms with Crippen molar-refractivity contribution in [3.05, 3.63) is 65.8 Å². The number of hydrogen-bond donors (Lipinski definition) is 0. The van der Waals surface area contributed by atoms with Crippen molar-refractivity contribution in [2.75, 3.05) is 13.1 Å². The number of imidazole rings is 1. The molecule has 1 aliphatic rings. The van der Waals surface area contributed by atoms with E-state index in [0.717, 1.165) is 37.7 Å². The van der Waals surface area contributed by atoms with Crippen molar-refractivity contribution in [1.82, 2.24) is 29.2 Å². The summed E-state index contributed by atoms with van der Waals surface area (Å²) in [6, 6.07) is 8.82. The number of nitrogens with zero attached hydrogens (tertiary/aromatic N) is 6. The summed E-state index contributed by atoms with van der Waals surface area (Å²) in [6.45, 7) is 6.19. The standard InChI is InChI=1S/C21H28N6/c1-3-17-7-4-5-8-18(17)13-26-11-6-9-19(14-26)21-24-23-20(25(21)2)15-27-12-10-22-16-27/h4-5,7-8,10,12,16,19H,3,6,9,11,13-15H2,1-2H3/t19-/m0/s1. The van der Waals surface area contributed by atoms with Crippen LogP contribution in [0.15, 0.2) is 43.0 Å². The van der Waals surface area contributed by atoms with E-state index in [1.165, 1.54) is 24.0 Å². The summed E-state index contributed by atoms with van der Waals surface area (Å²) >= 11 is 0. The number of piperidine rings is 1. The Bertz CT molecular complexity index is 867. The van der Waals surface area contributed by atoms with E-state index in [9.17, 15) is 0 Å². The molecule has 0 N–H and O–H groups in total. The van der Waals surface area contributed by atoms with Crippen LogP contribution in [0.5, 0.6) is 0 Å². The van der Waals surface area contributed by atoms with Gasteiger partial charge in [0.05, 0.1) is 12.9 Å². The van der Waals surface area contributed by atoms with Crippen molar-refractivity contribution in [2.45, 2.75) is 45.2 Å². The minimum absolute atomic E-state index is 0.446. The molecule has 0 aliphatic carbocycles. The normalized spacial score (nSPS) is 18.1. The van der Waals surface area contributed by atoms with E-state index in [-0.39, 0.29) is 0 Å². The van der Waals surface area contributed by atoms with E-state index >= 15 is 0 Å².